The van der Waals surface area contributed by atoms with Crippen molar-refractivity contribution >= 4 is 7.60 Å². The number of nitrogens with zero attached hydrogens (tertiary/aromatic N) is 1. The molecular formula is C14H19N2O8P. The first-order chi connectivity index (χ1) is 11.7. The number of aliphatic hydroxyl groups is 2. The zero-order chi connectivity index (χ0) is 18.6. The Morgan fingerprint density at radius 1 is 1.52 bits per heavy atom. The maximum atomic E-state index is 11.9. The highest BCUT2D eigenvalue weighted by Gasteiger charge is 2.35. The first-order valence-electron chi connectivity index (χ1n) is 7.45. The quantitative estimate of drug-likeness (QED) is 0.284. The van der Waals surface area contributed by atoms with Crippen molar-refractivity contribution in [3.63, 3.8) is 0 Å². The predicted molar refractivity (Wildman–Crippen MR) is 86.1 cm³/mol. The number of aromatic amines is 1. The molecule has 2 rings (SSSR count). The van der Waals surface area contributed by atoms with Crippen LogP contribution in [0.3, 0.4) is 0 Å². The number of nitrogens with one attached hydrogen (secondary N) is 1. The standard InChI is InChI=1S/C14H19N2O8P/c1-25(21,22)23-5-3-2-4-9-7-16(14(20)15-13(9)19)12-6-10(18)11(8-17)24-12/h7,10-12,17-18H,3,5-6,8H2,1H3,(H,21,22)(H,15,19,20). The monoisotopic (exact) mass is 374 g/mol. The van der Waals surface area contributed by atoms with Crippen LogP contribution in [-0.2, 0) is 13.8 Å². The average molecular weight is 374 g/mol. The zero-order valence-electron chi connectivity index (χ0n) is 13.4. The van der Waals surface area contributed by atoms with Gasteiger partial charge in [0.25, 0.3) is 5.56 Å². The molecule has 0 spiro atoms. The van der Waals surface area contributed by atoms with Crippen LogP contribution in [-0.4, -0.2) is 56.7 Å². The number of aliphatic hydroxyl groups excluding tert-OH is 2. The summed E-state index contributed by atoms with van der Waals surface area (Å²) in [6.07, 6.45) is -1.16. The van der Waals surface area contributed by atoms with Crippen LogP contribution in [0.25, 0.3) is 0 Å². The van der Waals surface area contributed by atoms with Gasteiger partial charge in [-0.05, 0) is 0 Å². The molecule has 4 atom stereocenters. The second kappa shape index (κ2) is 8.10. The Morgan fingerprint density at radius 3 is 2.84 bits per heavy atom. The molecule has 0 aromatic carbocycles. The van der Waals surface area contributed by atoms with Crippen LogP contribution in [0.2, 0.25) is 0 Å². The second-order valence-electron chi connectivity index (χ2n) is 5.51. The van der Waals surface area contributed by atoms with Gasteiger partial charge in [0, 0.05) is 25.7 Å². The summed E-state index contributed by atoms with van der Waals surface area (Å²) < 4.78 is 22.1. The number of H-pyrrole nitrogens is 1. The molecule has 2 heterocycles. The number of hydrogen-bond donors (Lipinski definition) is 4. The lowest BCUT2D eigenvalue weighted by molar-refractivity contribution is -0.0459. The molecule has 1 aliphatic heterocycles. The molecule has 0 amide bonds. The fourth-order valence-corrected chi connectivity index (χ4v) is 2.69. The Morgan fingerprint density at radius 2 is 2.24 bits per heavy atom. The lowest BCUT2D eigenvalue weighted by Crippen LogP contribution is -2.33. The summed E-state index contributed by atoms with van der Waals surface area (Å²) in [7, 11) is -3.57. The van der Waals surface area contributed by atoms with Gasteiger partial charge >= 0.3 is 13.3 Å². The fraction of sp³-hybridized carbons (Fsp3) is 0.571. The average Bonchev–Trinajstić information content (AvgIpc) is 2.88. The van der Waals surface area contributed by atoms with Crippen LogP contribution in [0.4, 0.5) is 0 Å². The minimum Gasteiger partial charge on any atom is -0.394 e. The van der Waals surface area contributed by atoms with Gasteiger partial charge in [0.2, 0.25) is 0 Å². The Labute approximate surface area is 142 Å². The van der Waals surface area contributed by atoms with E-state index in [0.717, 1.165) is 11.2 Å². The van der Waals surface area contributed by atoms with Crippen LogP contribution >= 0.6 is 7.60 Å². The highest BCUT2D eigenvalue weighted by Crippen LogP contribution is 2.36. The maximum absolute atomic E-state index is 11.9. The van der Waals surface area contributed by atoms with Crippen molar-refractivity contribution in [2.45, 2.75) is 31.3 Å². The third-order valence-corrected chi connectivity index (χ3v) is 4.10. The van der Waals surface area contributed by atoms with Gasteiger partial charge in [0.15, 0.2) is 0 Å². The summed E-state index contributed by atoms with van der Waals surface area (Å²) >= 11 is 0. The van der Waals surface area contributed by atoms with Crippen LogP contribution in [0.5, 0.6) is 0 Å². The molecule has 4 unspecified atom stereocenters. The number of rotatable bonds is 5. The Balaban J connectivity index is 2.15. The molecule has 0 radical (unpaired) electrons. The number of hydrogen-bond acceptors (Lipinski definition) is 7. The molecule has 11 heteroatoms. The summed E-state index contributed by atoms with van der Waals surface area (Å²) in [5.74, 6) is 5.16. The third kappa shape index (κ3) is 5.37. The van der Waals surface area contributed by atoms with Crippen molar-refractivity contribution in [2.75, 3.05) is 19.9 Å². The van der Waals surface area contributed by atoms with Gasteiger partial charge < -0.3 is 24.4 Å². The first-order valence-corrected chi connectivity index (χ1v) is 9.47. The van der Waals surface area contributed by atoms with Gasteiger partial charge in [-0.25, -0.2) is 4.79 Å². The van der Waals surface area contributed by atoms with Crippen molar-refractivity contribution in [3.05, 3.63) is 32.6 Å². The van der Waals surface area contributed by atoms with Crippen LogP contribution in [0, 0.1) is 11.8 Å². The van der Waals surface area contributed by atoms with Gasteiger partial charge in [-0.3, -0.25) is 18.9 Å². The number of aromatic nitrogens is 2. The van der Waals surface area contributed by atoms with Crippen LogP contribution in [0.1, 0.15) is 24.6 Å². The van der Waals surface area contributed by atoms with Gasteiger partial charge in [0.1, 0.15) is 17.9 Å². The Bertz CT molecular complexity index is 830. The molecule has 0 saturated carbocycles. The molecule has 0 bridgehead atoms. The van der Waals surface area contributed by atoms with Crippen molar-refractivity contribution in [2.24, 2.45) is 0 Å². The third-order valence-electron chi connectivity index (χ3n) is 3.44. The largest absolute Gasteiger partial charge is 0.394 e. The molecule has 0 aliphatic carbocycles. The van der Waals surface area contributed by atoms with E-state index in [0.29, 0.717) is 0 Å². The van der Waals surface area contributed by atoms with Crippen LogP contribution in [0.15, 0.2) is 15.8 Å². The lowest BCUT2D eigenvalue weighted by atomic mass is 10.2. The SMILES string of the molecule is CP(=O)(O)OCCC#Cc1cn(C2CC(O)C(CO)O2)c(=O)[nH]c1=O. The summed E-state index contributed by atoms with van der Waals surface area (Å²) in [5, 5.41) is 18.8. The number of ether oxygens (including phenoxy) is 1. The fourth-order valence-electron chi connectivity index (χ4n) is 2.26. The summed E-state index contributed by atoms with van der Waals surface area (Å²) in [6.45, 7) is 0.580. The van der Waals surface area contributed by atoms with Crippen LogP contribution < -0.4 is 11.2 Å². The molecular weight excluding hydrogens is 355 g/mol. The summed E-state index contributed by atoms with van der Waals surface area (Å²) in [5.41, 5.74) is -1.41. The van der Waals surface area contributed by atoms with E-state index in [2.05, 4.69) is 21.3 Å². The van der Waals surface area contributed by atoms with E-state index < -0.39 is 43.9 Å². The molecule has 10 nitrogen and oxygen atoms in total. The Kier molecular flexibility index (Phi) is 6.35. The highest BCUT2D eigenvalue weighted by atomic mass is 31.2. The topological polar surface area (TPSA) is 151 Å². The highest BCUT2D eigenvalue weighted by molar-refractivity contribution is 7.51. The van der Waals surface area contributed by atoms with E-state index in [9.17, 15) is 19.3 Å². The predicted octanol–water partition coefficient (Wildman–Crippen LogP) is -1.25. The van der Waals surface area contributed by atoms with Gasteiger partial charge in [-0.2, -0.15) is 0 Å². The minimum absolute atomic E-state index is 0.00572. The second-order valence-corrected chi connectivity index (χ2v) is 7.38. The maximum Gasteiger partial charge on any atom is 0.330 e. The van der Waals surface area contributed by atoms with Gasteiger partial charge in [-0.1, -0.05) is 11.8 Å². The molecule has 1 aromatic heterocycles. The van der Waals surface area contributed by atoms with Gasteiger partial charge in [0.05, 0.1) is 19.3 Å². The summed E-state index contributed by atoms with van der Waals surface area (Å²) in [4.78, 5) is 34.8. The van der Waals surface area contributed by atoms with E-state index in [-0.39, 0.29) is 25.0 Å². The molecule has 1 saturated heterocycles. The molecule has 25 heavy (non-hydrogen) atoms. The molecule has 4 N–H and O–H groups in total. The lowest BCUT2D eigenvalue weighted by Gasteiger charge is -2.14. The molecule has 1 aromatic rings. The van der Waals surface area contributed by atoms with Gasteiger partial charge in [-0.15, -0.1) is 0 Å². The van der Waals surface area contributed by atoms with E-state index in [1.54, 1.807) is 0 Å². The summed E-state index contributed by atoms with van der Waals surface area (Å²) in [6, 6.07) is 0. The smallest absolute Gasteiger partial charge is 0.330 e. The molecule has 1 fully saturated rings. The normalized spacial score (nSPS) is 25.2. The van der Waals surface area contributed by atoms with Crippen molar-refractivity contribution in [1.82, 2.24) is 9.55 Å². The van der Waals surface area contributed by atoms with E-state index in [1.807, 2.05) is 0 Å². The van der Waals surface area contributed by atoms with E-state index >= 15 is 0 Å². The van der Waals surface area contributed by atoms with E-state index in [1.165, 1.54) is 6.20 Å². The van der Waals surface area contributed by atoms with Crippen molar-refractivity contribution in [1.29, 1.82) is 0 Å². The molecule has 1 aliphatic rings. The Hall–Kier alpha value is -1.73. The zero-order valence-corrected chi connectivity index (χ0v) is 14.3. The van der Waals surface area contributed by atoms with Crippen molar-refractivity contribution < 1.29 is 28.9 Å². The first kappa shape index (κ1) is 19.6. The van der Waals surface area contributed by atoms with Crippen molar-refractivity contribution in [3.8, 4) is 11.8 Å². The van der Waals surface area contributed by atoms with E-state index in [4.69, 9.17) is 14.7 Å². The molecule has 138 valence electrons. The minimum atomic E-state index is -3.57.